The summed E-state index contributed by atoms with van der Waals surface area (Å²) in [5, 5.41) is 30.2. The van der Waals surface area contributed by atoms with E-state index in [4.69, 9.17) is 9.84 Å². The van der Waals surface area contributed by atoms with Gasteiger partial charge in [-0.1, -0.05) is 0 Å². The second kappa shape index (κ2) is 6.35. The summed E-state index contributed by atoms with van der Waals surface area (Å²) in [5.74, 6) is -0.676. The lowest BCUT2D eigenvalue weighted by molar-refractivity contribution is -0.313. The van der Waals surface area contributed by atoms with Crippen LogP contribution in [-0.2, 0) is 4.74 Å². The number of rotatable bonds is 4. The molecule has 3 rings (SSSR count). The lowest BCUT2D eigenvalue weighted by Crippen LogP contribution is -2.30. The number of hydrogen-bond donors (Lipinski definition) is 2. The Kier molecular flexibility index (Phi) is 4.43. The highest BCUT2D eigenvalue weighted by Gasteiger charge is 2.32. The number of hydrogen-bond acceptors (Lipinski definition) is 6. The van der Waals surface area contributed by atoms with E-state index in [1.807, 2.05) is 4.90 Å². The Hall–Kier alpha value is -1.83. The zero-order valence-corrected chi connectivity index (χ0v) is 12.7. The summed E-state index contributed by atoms with van der Waals surface area (Å²) < 4.78 is 19.6. The standard InChI is InChI=1S/C16H21FN2O4/c1-10(21)11-4-5-18(7-11)15-3-2-12(6-14(15)17)19-8-13(9-20)23-16(19)22/h2-3,6,11,13,16,20-22H,1,4-5,7-9H2/p-1. The van der Waals surface area contributed by atoms with E-state index in [2.05, 4.69) is 6.58 Å². The van der Waals surface area contributed by atoms with Gasteiger partial charge in [-0.2, -0.15) is 0 Å². The second-order valence-electron chi connectivity index (χ2n) is 5.95. The molecule has 2 N–H and O–H groups in total. The van der Waals surface area contributed by atoms with E-state index in [1.165, 1.54) is 11.0 Å². The molecule has 0 aromatic heterocycles. The van der Waals surface area contributed by atoms with Crippen LogP contribution in [0.5, 0.6) is 0 Å². The summed E-state index contributed by atoms with van der Waals surface area (Å²) in [5.41, 5.74) is 0.921. The maximum absolute atomic E-state index is 14.4. The minimum Gasteiger partial charge on any atom is -0.876 e. The van der Waals surface area contributed by atoms with E-state index < -0.39 is 18.3 Å². The molecule has 6 nitrogen and oxygen atoms in total. The smallest absolute Gasteiger partial charge is 0.238 e. The average molecular weight is 323 g/mol. The Labute approximate surface area is 134 Å². The van der Waals surface area contributed by atoms with Gasteiger partial charge in [0.1, 0.15) is 11.9 Å². The first-order valence-corrected chi connectivity index (χ1v) is 7.61. The van der Waals surface area contributed by atoms with Gasteiger partial charge in [0.05, 0.1) is 18.8 Å². The first-order valence-electron chi connectivity index (χ1n) is 7.61. The molecule has 0 amide bonds. The van der Waals surface area contributed by atoms with Gasteiger partial charge in [-0.3, -0.25) is 0 Å². The number of halogens is 1. The highest BCUT2D eigenvalue weighted by atomic mass is 19.1. The molecule has 23 heavy (non-hydrogen) atoms. The van der Waals surface area contributed by atoms with Crippen LogP contribution in [0.15, 0.2) is 30.5 Å². The van der Waals surface area contributed by atoms with Crippen LogP contribution in [0.25, 0.3) is 0 Å². The van der Waals surface area contributed by atoms with E-state index in [0.717, 1.165) is 0 Å². The molecule has 0 bridgehead atoms. The van der Waals surface area contributed by atoms with Crippen molar-refractivity contribution < 1.29 is 24.4 Å². The van der Waals surface area contributed by atoms with E-state index in [0.29, 0.717) is 30.9 Å². The fraction of sp³-hybridized carbons (Fsp3) is 0.500. The zero-order chi connectivity index (χ0) is 16.6. The molecular formula is C16H20FN2O4-. The van der Waals surface area contributed by atoms with Gasteiger partial charge < -0.3 is 29.9 Å². The summed E-state index contributed by atoms with van der Waals surface area (Å²) in [6.45, 7) is 4.60. The summed E-state index contributed by atoms with van der Waals surface area (Å²) in [6, 6.07) is 4.67. The van der Waals surface area contributed by atoms with Crippen molar-refractivity contribution in [1.29, 1.82) is 0 Å². The predicted molar refractivity (Wildman–Crippen MR) is 81.2 cm³/mol. The van der Waals surface area contributed by atoms with Gasteiger partial charge in [0.2, 0.25) is 6.41 Å². The summed E-state index contributed by atoms with van der Waals surface area (Å²) >= 11 is 0. The molecule has 0 aliphatic carbocycles. The molecule has 126 valence electrons. The fourth-order valence-corrected chi connectivity index (χ4v) is 3.10. The molecular weight excluding hydrogens is 303 g/mol. The van der Waals surface area contributed by atoms with Gasteiger partial charge in [0, 0.05) is 18.8 Å². The Morgan fingerprint density at radius 3 is 2.78 bits per heavy atom. The number of aliphatic hydroxyl groups is 2. The van der Waals surface area contributed by atoms with Crippen molar-refractivity contribution in [2.24, 2.45) is 5.92 Å². The second-order valence-corrected chi connectivity index (χ2v) is 5.95. The van der Waals surface area contributed by atoms with Crippen LogP contribution in [0.3, 0.4) is 0 Å². The van der Waals surface area contributed by atoms with E-state index >= 15 is 0 Å². The van der Waals surface area contributed by atoms with E-state index in [1.54, 1.807) is 12.1 Å². The topological polar surface area (TPSA) is 79.2 Å². The lowest BCUT2D eigenvalue weighted by atomic mass is 10.1. The van der Waals surface area contributed by atoms with Gasteiger partial charge in [-0.05, 0) is 30.5 Å². The first kappa shape index (κ1) is 16.0. The summed E-state index contributed by atoms with van der Waals surface area (Å²) in [4.78, 5) is 3.32. The largest absolute Gasteiger partial charge is 0.876 e. The number of aliphatic hydroxyl groups excluding tert-OH is 2. The van der Waals surface area contributed by atoms with Crippen LogP contribution >= 0.6 is 0 Å². The Morgan fingerprint density at radius 2 is 2.22 bits per heavy atom. The normalized spacial score (nSPS) is 27.7. The molecule has 2 heterocycles. The lowest BCUT2D eigenvalue weighted by Gasteiger charge is -2.24. The van der Waals surface area contributed by atoms with Gasteiger partial charge >= 0.3 is 0 Å². The third-order valence-corrected chi connectivity index (χ3v) is 4.43. The highest BCUT2D eigenvalue weighted by Crippen LogP contribution is 2.32. The fourth-order valence-electron chi connectivity index (χ4n) is 3.10. The maximum Gasteiger partial charge on any atom is 0.238 e. The molecule has 3 atom stereocenters. The third kappa shape index (κ3) is 3.12. The monoisotopic (exact) mass is 323 g/mol. The highest BCUT2D eigenvalue weighted by molar-refractivity contribution is 5.58. The maximum atomic E-state index is 14.4. The molecule has 0 saturated carbocycles. The van der Waals surface area contributed by atoms with Crippen molar-refractivity contribution in [3.05, 3.63) is 36.4 Å². The molecule has 2 aliphatic rings. The number of anilines is 2. The van der Waals surface area contributed by atoms with E-state index in [-0.39, 0.29) is 24.8 Å². The molecule has 0 radical (unpaired) electrons. The molecule has 1 aromatic carbocycles. The van der Waals surface area contributed by atoms with Crippen LogP contribution < -0.4 is 14.9 Å². The minimum absolute atomic E-state index is 0.114. The Morgan fingerprint density at radius 1 is 1.43 bits per heavy atom. The van der Waals surface area contributed by atoms with Crippen LogP contribution in [0.4, 0.5) is 15.8 Å². The van der Waals surface area contributed by atoms with Crippen LogP contribution in [-0.4, -0.2) is 49.0 Å². The number of ether oxygens (including phenoxy) is 1. The molecule has 0 spiro atoms. The molecule has 2 saturated heterocycles. The molecule has 3 unspecified atom stereocenters. The predicted octanol–water partition coefficient (Wildman–Crippen LogP) is -0.000600. The van der Waals surface area contributed by atoms with Crippen molar-refractivity contribution in [3.8, 4) is 0 Å². The van der Waals surface area contributed by atoms with Gasteiger partial charge in [0.25, 0.3) is 0 Å². The van der Waals surface area contributed by atoms with Crippen LogP contribution in [0.1, 0.15) is 6.42 Å². The van der Waals surface area contributed by atoms with Gasteiger partial charge in [-0.25, -0.2) is 4.39 Å². The summed E-state index contributed by atoms with van der Waals surface area (Å²) in [6.07, 6.45) is -1.01. The minimum atomic E-state index is -1.20. The van der Waals surface area contributed by atoms with Gasteiger partial charge in [0.15, 0.2) is 0 Å². The first-order chi connectivity index (χ1) is 11.0. The average Bonchev–Trinajstić information content (AvgIpc) is 3.13. The Bertz CT molecular complexity index is 597. The van der Waals surface area contributed by atoms with Crippen molar-refractivity contribution in [2.45, 2.75) is 18.9 Å². The van der Waals surface area contributed by atoms with Gasteiger partial charge in [-0.15, -0.1) is 12.3 Å². The molecule has 2 aliphatic heterocycles. The third-order valence-electron chi connectivity index (χ3n) is 4.43. The molecule has 7 heteroatoms. The van der Waals surface area contributed by atoms with Crippen molar-refractivity contribution in [3.63, 3.8) is 0 Å². The van der Waals surface area contributed by atoms with Crippen molar-refractivity contribution in [2.75, 3.05) is 36.0 Å². The Balaban J connectivity index is 1.75. The van der Waals surface area contributed by atoms with Crippen LogP contribution in [0.2, 0.25) is 0 Å². The molecule has 2 fully saturated rings. The quantitative estimate of drug-likeness (QED) is 0.760. The summed E-state index contributed by atoms with van der Waals surface area (Å²) in [7, 11) is 0. The van der Waals surface area contributed by atoms with E-state index in [9.17, 15) is 14.6 Å². The van der Waals surface area contributed by atoms with Crippen LogP contribution in [0, 0.1) is 11.7 Å². The van der Waals surface area contributed by atoms with Crippen molar-refractivity contribution >= 4 is 11.4 Å². The molecule has 1 aromatic rings. The SMILES string of the molecule is C=C([O-])C1CCN(c2ccc(N3CC(CO)OC3O)cc2F)C1. The number of nitrogens with zero attached hydrogens (tertiary/aromatic N) is 2. The zero-order valence-electron chi connectivity index (χ0n) is 12.7. The van der Waals surface area contributed by atoms with Crippen molar-refractivity contribution in [1.82, 2.24) is 0 Å². The number of benzene rings is 1.